The first kappa shape index (κ1) is 13.9. The summed E-state index contributed by atoms with van der Waals surface area (Å²) in [6, 6.07) is 2.38. The molecule has 4 heteroatoms. The minimum absolute atomic E-state index is 0.472. The second-order valence-electron chi connectivity index (χ2n) is 4.64. The van der Waals surface area contributed by atoms with Gasteiger partial charge in [-0.2, -0.15) is 0 Å². The Bertz CT molecular complexity index is 328. The Morgan fingerprint density at radius 2 is 2.12 bits per heavy atom. The fourth-order valence-corrected chi connectivity index (χ4v) is 1.95. The molecule has 0 saturated carbocycles. The lowest BCUT2D eigenvalue weighted by Gasteiger charge is -2.19. The summed E-state index contributed by atoms with van der Waals surface area (Å²) >= 11 is 0. The molecule has 4 nitrogen and oxygen atoms in total. The molecule has 0 fully saturated rings. The molecule has 1 aromatic heterocycles. The third kappa shape index (κ3) is 5.13. The highest BCUT2D eigenvalue weighted by atomic mass is 16.5. The molecule has 1 N–H and O–H groups in total. The van der Waals surface area contributed by atoms with Crippen LogP contribution in [-0.2, 0) is 6.42 Å². The Morgan fingerprint density at radius 3 is 2.71 bits per heavy atom. The topological polar surface area (TPSA) is 47.0 Å². The fourth-order valence-electron chi connectivity index (χ4n) is 1.95. The lowest BCUT2D eigenvalue weighted by Crippen LogP contribution is -2.32. The molecular formula is C13H23N3O. The standard InChI is InChI=1S/C13H23N3O/c1-5-14-11(6-10(2)3)7-12-8-13(17-4)16-9-15-12/h8-11,14H,5-7H2,1-4H3. The zero-order valence-corrected chi connectivity index (χ0v) is 11.2. The predicted octanol–water partition coefficient (Wildman–Crippen LogP) is 2.05. The van der Waals surface area contributed by atoms with Gasteiger partial charge in [0.05, 0.1) is 7.11 Å². The van der Waals surface area contributed by atoms with E-state index in [0.717, 1.165) is 25.1 Å². The van der Waals surface area contributed by atoms with Gasteiger partial charge in [-0.15, -0.1) is 0 Å². The van der Waals surface area contributed by atoms with Crippen molar-refractivity contribution in [2.24, 2.45) is 5.92 Å². The first-order valence-corrected chi connectivity index (χ1v) is 6.24. The van der Waals surface area contributed by atoms with E-state index in [-0.39, 0.29) is 0 Å². The summed E-state index contributed by atoms with van der Waals surface area (Å²) in [5, 5.41) is 3.50. The number of aromatic nitrogens is 2. The molecule has 1 atom stereocenters. The van der Waals surface area contributed by atoms with E-state index in [1.807, 2.05) is 6.07 Å². The number of hydrogen-bond acceptors (Lipinski definition) is 4. The van der Waals surface area contributed by atoms with Crippen LogP contribution in [-0.4, -0.2) is 29.7 Å². The molecule has 0 radical (unpaired) electrons. The Balaban J connectivity index is 2.64. The number of hydrogen-bond donors (Lipinski definition) is 1. The molecule has 1 unspecified atom stereocenters. The Kier molecular flexibility index (Phi) is 5.91. The van der Waals surface area contributed by atoms with E-state index in [9.17, 15) is 0 Å². The number of ether oxygens (including phenoxy) is 1. The van der Waals surface area contributed by atoms with Crippen LogP contribution in [0.1, 0.15) is 32.9 Å². The summed E-state index contributed by atoms with van der Waals surface area (Å²) in [4.78, 5) is 8.30. The number of likely N-dealkylation sites (N-methyl/N-ethyl adjacent to an activating group) is 1. The minimum Gasteiger partial charge on any atom is -0.481 e. The summed E-state index contributed by atoms with van der Waals surface area (Å²) in [6.45, 7) is 7.60. The van der Waals surface area contributed by atoms with Crippen molar-refractivity contribution in [1.82, 2.24) is 15.3 Å². The summed E-state index contributed by atoms with van der Waals surface area (Å²) < 4.78 is 5.11. The second kappa shape index (κ2) is 7.22. The summed E-state index contributed by atoms with van der Waals surface area (Å²) in [5.41, 5.74) is 1.03. The van der Waals surface area contributed by atoms with Crippen LogP contribution in [0.3, 0.4) is 0 Å². The van der Waals surface area contributed by atoms with Crippen molar-refractivity contribution in [3.63, 3.8) is 0 Å². The summed E-state index contributed by atoms with van der Waals surface area (Å²) in [6.07, 6.45) is 3.64. The average Bonchev–Trinajstić information content (AvgIpc) is 2.29. The quantitative estimate of drug-likeness (QED) is 0.788. The van der Waals surface area contributed by atoms with Crippen LogP contribution in [0.4, 0.5) is 0 Å². The van der Waals surface area contributed by atoms with Gasteiger partial charge in [-0.3, -0.25) is 0 Å². The van der Waals surface area contributed by atoms with Crippen molar-refractivity contribution in [1.29, 1.82) is 0 Å². The molecule has 1 heterocycles. The monoisotopic (exact) mass is 237 g/mol. The molecule has 1 rings (SSSR count). The molecule has 0 aliphatic heterocycles. The smallest absolute Gasteiger partial charge is 0.216 e. The first-order valence-electron chi connectivity index (χ1n) is 6.24. The van der Waals surface area contributed by atoms with Gasteiger partial charge in [-0.25, -0.2) is 9.97 Å². The molecule has 0 aliphatic carbocycles. The maximum atomic E-state index is 5.11. The van der Waals surface area contributed by atoms with Crippen LogP contribution in [0.2, 0.25) is 0 Å². The van der Waals surface area contributed by atoms with E-state index in [1.165, 1.54) is 0 Å². The highest BCUT2D eigenvalue weighted by Crippen LogP contribution is 2.12. The van der Waals surface area contributed by atoms with Gasteiger partial charge in [-0.05, 0) is 18.9 Å². The van der Waals surface area contributed by atoms with E-state index in [4.69, 9.17) is 4.74 Å². The van der Waals surface area contributed by atoms with E-state index in [1.54, 1.807) is 13.4 Å². The molecule has 1 aromatic rings. The van der Waals surface area contributed by atoms with Gasteiger partial charge in [0.25, 0.3) is 0 Å². The molecule has 96 valence electrons. The van der Waals surface area contributed by atoms with Crippen molar-refractivity contribution < 1.29 is 4.74 Å². The summed E-state index contributed by atoms with van der Waals surface area (Å²) in [7, 11) is 1.63. The SMILES string of the molecule is CCNC(Cc1cc(OC)ncn1)CC(C)C. The maximum Gasteiger partial charge on any atom is 0.216 e. The van der Waals surface area contributed by atoms with Crippen LogP contribution < -0.4 is 10.1 Å². The average molecular weight is 237 g/mol. The van der Waals surface area contributed by atoms with E-state index >= 15 is 0 Å². The van der Waals surface area contributed by atoms with Gasteiger partial charge >= 0.3 is 0 Å². The molecule has 0 bridgehead atoms. The number of methoxy groups -OCH3 is 1. The number of rotatable bonds is 7. The van der Waals surface area contributed by atoms with Gasteiger partial charge in [0.15, 0.2) is 0 Å². The predicted molar refractivity (Wildman–Crippen MR) is 69.2 cm³/mol. The zero-order valence-electron chi connectivity index (χ0n) is 11.2. The Labute approximate surface area is 104 Å². The molecule has 0 aliphatic rings. The lowest BCUT2D eigenvalue weighted by molar-refractivity contribution is 0.392. The molecule has 17 heavy (non-hydrogen) atoms. The number of nitrogens with zero attached hydrogens (tertiary/aromatic N) is 2. The van der Waals surface area contributed by atoms with Crippen LogP contribution in [0.15, 0.2) is 12.4 Å². The van der Waals surface area contributed by atoms with Crippen LogP contribution >= 0.6 is 0 Å². The van der Waals surface area contributed by atoms with Crippen molar-refractivity contribution in [3.8, 4) is 5.88 Å². The third-order valence-electron chi connectivity index (χ3n) is 2.61. The van der Waals surface area contributed by atoms with Crippen molar-refractivity contribution in [3.05, 3.63) is 18.1 Å². The Morgan fingerprint density at radius 1 is 1.35 bits per heavy atom. The highest BCUT2D eigenvalue weighted by Gasteiger charge is 2.11. The van der Waals surface area contributed by atoms with Crippen molar-refractivity contribution in [2.75, 3.05) is 13.7 Å². The highest BCUT2D eigenvalue weighted by molar-refractivity contribution is 5.14. The third-order valence-corrected chi connectivity index (χ3v) is 2.61. The van der Waals surface area contributed by atoms with Gasteiger partial charge in [0.2, 0.25) is 5.88 Å². The largest absolute Gasteiger partial charge is 0.481 e. The normalized spacial score (nSPS) is 12.8. The van der Waals surface area contributed by atoms with Gasteiger partial charge in [0.1, 0.15) is 6.33 Å². The van der Waals surface area contributed by atoms with Crippen molar-refractivity contribution in [2.45, 2.75) is 39.7 Å². The minimum atomic E-state index is 0.472. The van der Waals surface area contributed by atoms with Crippen LogP contribution in [0.5, 0.6) is 5.88 Å². The van der Waals surface area contributed by atoms with Crippen LogP contribution in [0.25, 0.3) is 0 Å². The van der Waals surface area contributed by atoms with E-state index < -0.39 is 0 Å². The lowest BCUT2D eigenvalue weighted by atomic mass is 9.99. The first-order chi connectivity index (χ1) is 8.15. The fraction of sp³-hybridized carbons (Fsp3) is 0.692. The maximum absolute atomic E-state index is 5.11. The summed E-state index contributed by atoms with van der Waals surface area (Å²) in [5.74, 6) is 1.32. The zero-order chi connectivity index (χ0) is 12.7. The number of nitrogens with one attached hydrogen (secondary N) is 1. The van der Waals surface area contributed by atoms with Crippen LogP contribution in [0, 0.1) is 5.92 Å². The molecule has 0 amide bonds. The van der Waals surface area contributed by atoms with Crippen molar-refractivity contribution >= 4 is 0 Å². The van der Waals surface area contributed by atoms with Gasteiger partial charge in [-0.1, -0.05) is 20.8 Å². The van der Waals surface area contributed by atoms with Gasteiger partial charge in [0, 0.05) is 24.2 Å². The molecule has 0 saturated heterocycles. The molecular weight excluding hydrogens is 214 g/mol. The molecule has 0 aromatic carbocycles. The van der Waals surface area contributed by atoms with E-state index in [0.29, 0.717) is 17.8 Å². The second-order valence-corrected chi connectivity index (χ2v) is 4.64. The van der Waals surface area contributed by atoms with E-state index in [2.05, 4.69) is 36.1 Å². The Hall–Kier alpha value is -1.16. The molecule has 0 spiro atoms. The van der Waals surface area contributed by atoms with Gasteiger partial charge < -0.3 is 10.1 Å².